The van der Waals surface area contributed by atoms with Crippen LogP contribution in [0.25, 0.3) is 10.9 Å². The molecular formula is C21H20FN3O6S. The van der Waals surface area contributed by atoms with E-state index in [0.29, 0.717) is 24.3 Å². The lowest BCUT2D eigenvalue weighted by atomic mass is 10.2. The molecule has 9 nitrogen and oxygen atoms in total. The number of fused-ring (bicyclic) bond motifs is 1. The molecule has 4 rings (SSSR count). The summed E-state index contributed by atoms with van der Waals surface area (Å²) in [6.45, 7) is 0.651. The van der Waals surface area contributed by atoms with Gasteiger partial charge in [0.1, 0.15) is 19.0 Å². The van der Waals surface area contributed by atoms with Crippen molar-refractivity contribution < 1.29 is 27.1 Å². The first kappa shape index (κ1) is 22.1. The van der Waals surface area contributed by atoms with Crippen molar-refractivity contribution in [2.45, 2.75) is 18.0 Å². The minimum atomic E-state index is -3.67. The van der Waals surface area contributed by atoms with E-state index in [-0.39, 0.29) is 30.0 Å². The van der Waals surface area contributed by atoms with E-state index in [9.17, 15) is 22.4 Å². The number of sulfonamides is 1. The van der Waals surface area contributed by atoms with Crippen molar-refractivity contribution in [2.24, 2.45) is 0 Å². The molecule has 2 heterocycles. The summed E-state index contributed by atoms with van der Waals surface area (Å²) in [4.78, 5) is 28.9. The maximum absolute atomic E-state index is 13.4. The molecule has 0 bridgehead atoms. The Morgan fingerprint density at radius 3 is 2.72 bits per heavy atom. The highest BCUT2D eigenvalue weighted by atomic mass is 32.2. The Morgan fingerprint density at radius 2 is 1.94 bits per heavy atom. The predicted octanol–water partition coefficient (Wildman–Crippen LogP) is 1.30. The molecule has 0 N–H and O–H groups in total. The summed E-state index contributed by atoms with van der Waals surface area (Å²) in [5, 5.41) is 0.0568. The fraction of sp³-hybridized carbons (Fsp3) is 0.286. The normalized spacial score (nSPS) is 15.0. The van der Waals surface area contributed by atoms with Crippen molar-refractivity contribution >= 4 is 26.9 Å². The molecule has 0 aliphatic carbocycles. The number of hydrogen-bond acceptors (Lipinski definition) is 7. The maximum atomic E-state index is 13.4. The Balaban J connectivity index is 1.44. The molecule has 0 atom stereocenters. The minimum absolute atomic E-state index is 0.0568. The van der Waals surface area contributed by atoms with E-state index < -0.39 is 33.9 Å². The molecule has 168 valence electrons. The Hall–Kier alpha value is -3.15. The number of hydrogen-bond donors (Lipinski definition) is 0. The molecule has 1 aliphatic rings. The van der Waals surface area contributed by atoms with Gasteiger partial charge in [0.05, 0.1) is 35.3 Å². The van der Waals surface area contributed by atoms with Gasteiger partial charge in [-0.25, -0.2) is 17.8 Å². The standard InChI is InChI=1S/C21H20FN3O6S/c22-16-4-5-19-18(11-16)21(27)24(14-23-19)12-20(26)31-13-15-2-1-3-17(10-15)32(28,29)25-6-8-30-9-7-25/h1-5,10-11,14H,6-9,12-13H2. The van der Waals surface area contributed by atoms with E-state index >= 15 is 0 Å². The highest BCUT2D eigenvalue weighted by Crippen LogP contribution is 2.19. The first-order valence-electron chi connectivity index (χ1n) is 9.82. The predicted molar refractivity (Wildman–Crippen MR) is 112 cm³/mol. The third-order valence-electron chi connectivity index (χ3n) is 4.99. The van der Waals surface area contributed by atoms with Gasteiger partial charge in [0.15, 0.2) is 0 Å². The van der Waals surface area contributed by atoms with Crippen molar-refractivity contribution in [1.82, 2.24) is 13.9 Å². The van der Waals surface area contributed by atoms with Crippen molar-refractivity contribution in [3.8, 4) is 0 Å². The summed E-state index contributed by atoms with van der Waals surface area (Å²) in [5.74, 6) is -1.30. The van der Waals surface area contributed by atoms with Crippen LogP contribution in [0, 0.1) is 5.82 Å². The minimum Gasteiger partial charge on any atom is -0.459 e. The summed E-state index contributed by atoms with van der Waals surface area (Å²) in [5.41, 5.74) is 0.239. The third kappa shape index (κ3) is 4.69. The smallest absolute Gasteiger partial charge is 0.326 e. The fourth-order valence-electron chi connectivity index (χ4n) is 3.32. The van der Waals surface area contributed by atoms with Gasteiger partial charge in [0.25, 0.3) is 5.56 Å². The highest BCUT2D eigenvalue weighted by Gasteiger charge is 2.26. The highest BCUT2D eigenvalue weighted by molar-refractivity contribution is 7.89. The van der Waals surface area contributed by atoms with Crippen LogP contribution >= 0.6 is 0 Å². The van der Waals surface area contributed by atoms with Crippen molar-refractivity contribution in [1.29, 1.82) is 0 Å². The topological polar surface area (TPSA) is 108 Å². The van der Waals surface area contributed by atoms with Crippen LogP contribution in [0.15, 0.2) is 58.5 Å². The van der Waals surface area contributed by atoms with Gasteiger partial charge in [-0.15, -0.1) is 0 Å². The van der Waals surface area contributed by atoms with Crippen LogP contribution in [0.1, 0.15) is 5.56 Å². The summed E-state index contributed by atoms with van der Waals surface area (Å²) in [7, 11) is -3.67. The quantitative estimate of drug-likeness (QED) is 0.509. The molecular weight excluding hydrogens is 441 g/mol. The molecule has 1 saturated heterocycles. The van der Waals surface area contributed by atoms with Gasteiger partial charge in [0, 0.05) is 13.1 Å². The Kier molecular flexibility index (Phi) is 6.31. The Labute approximate surface area is 183 Å². The SMILES string of the molecule is O=C(Cn1cnc2ccc(F)cc2c1=O)OCc1cccc(S(=O)(=O)N2CCOCC2)c1. The largest absolute Gasteiger partial charge is 0.459 e. The molecule has 11 heteroatoms. The molecule has 0 unspecified atom stereocenters. The Bertz CT molecular complexity index is 1320. The summed E-state index contributed by atoms with van der Waals surface area (Å²) in [6.07, 6.45) is 1.19. The number of aromatic nitrogens is 2. The Morgan fingerprint density at radius 1 is 1.16 bits per heavy atom. The van der Waals surface area contributed by atoms with E-state index in [4.69, 9.17) is 9.47 Å². The van der Waals surface area contributed by atoms with Gasteiger partial charge < -0.3 is 9.47 Å². The molecule has 0 saturated carbocycles. The summed E-state index contributed by atoms with van der Waals surface area (Å²) >= 11 is 0. The van der Waals surface area contributed by atoms with Gasteiger partial charge in [-0.1, -0.05) is 12.1 Å². The zero-order valence-electron chi connectivity index (χ0n) is 16.9. The second-order valence-corrected chi connectivity index (χ2v) is 9.10. The molecule has 32 heavy (non-hydrogen) atoms. The van der Waals surface area contributed by atoms with Crippen LogP contribution in [-0.4, -0.2) is 54.5 Å². The summed E-state index contributed by atoms with van der Waals surface area (Å²) < 4.78 is 51.8. The van der Waals surface area contributed by atoms with Crippen LogP contribution in [0.5, 0.6) is 0 Å². The molecule has 0 amide bonds. The molecule has 0 radical (unpaired) electrons. The lowest BCUT2D eigenvalue weighted by Crippen LogP contribution is -2.40. The molecule has 1 aliphatic heterocycles. The monoisotopic (exact) mass is 461 g/mol. The zero-order chi connectivity index (χ0) is 22.7. The van der Waals surface area contributed by atoms with Crippen molar-refractivity contribution in [2.75, 3.05) is 26.3 Å². The van der Waals surface area contributed by atoms with Crippen molar-refractivity contribution in [3.63, 3.8) is 0 Å². The molecule has 1 aromatic heterocycles. The van der Waals surface area contributed by atoms with E-state index in [0.717, 1.165) is 10.6 Å². The van der Waals surface area contributed by atoms with Gasteiger partial charge in [-0.3, -0.25) is 14.2 Å². The van der Waals surface area contributed by atoms with Gasteiger partial charge >= 0.3 is 5.97 Å². The number of carbonyl (C=O) groups excluding carboxylic acids is 1. The van der Waals surface area contributed by atoms with Crippen LogP contribution in [-0.2, 0) is 37.4 Å². The second-order valence-electron chi connectivity index (χ2n) is 7.16. The van der Waals surface area contributed by atoms with Crippen molar-refractivity contribution in [3.05, 3.63) is 70.5 Å². The molecule has 2 aromatic carbocycles. The molecule has 1 fully saturated rings. The number of benzene rings is 2. The number of rotatable bonds is 6. The fourth-order valence-corrected chi connectivity index (χ4v) is 4.80. The first-order chi connectivity index (χ1) is 15.3. The third-order valence-corrected chi connectivity index (χ3v) is 6.89. The van der Waals surface area contributed by atoms with Crippen LogP contribution in [0.3, 0.4) is 0 Å². The number of morpholine rings is 1. The number of nitrogens with zero attached hydrogens (tertiary/aromatic N) is 3. The van der Waals surface area contributed by atoms with E-state index in [1.807, 2.05) is 0 Å². The second kappa shape index (κ2) is 9.15. The van der Waals surface area contributed by atoms with Gasteiger partial charge in [-0.05, 0) is 35.9 Å². The average Bonchev–Trinajstić information content (AvgIpc) is 2.81. The molecule has 3 aromatic rings. The molecule has 0 spiro atoms. The van der Waals surface area contributed by atoms with E-state index in [1.54, 1.807) is 12.1 Å². The van der Waals surface area contributed by atoms with Gasteiger partial charge in [-0.2, -0.15) is 4.31 Å². The van der Waals surface area contributed by atoms with Crippen LogP contribution < -0.4 is 5.56 Å². The van der Waals surface area contributed by atoms with E-state index in [1.165, 1.54) is 34.9 Å². The lowest BCUT2D eigenvalue weighted by molar-refractivity contribution is -0.145. The lowest BCUT2D eigenvalue weighted by Gasteiger charge is -2.26. The maximum Gasteiger partial charge on any atom is 0.326 e. The number of halogens is 1. The van der Waals surface area contributed by atoms with E-state index in [2.05, 4.69) is 4.98 Å². The number of ether oxygens (including phenoxy) is 2. The summed E-state index contributed by atoms with van der Waals surface area (Å²) in [6, 6.07) is 9.78. The van der Waals surface area contributed by atoms with Crippen LogP contribution in [0.2, 0.25) is 0 Å². The zero-order valence-corrected chi connectivity index (χ0v) is 17.8. The average molecular weight is 461 g/mol. The first-order valence-corrected chi connectivity index (χ1v) is 11.3. The van der Waals surface area contributed by atoms with Crippen LogP contribution in [0.4, 0.5) is 4.39 Å². The number of carbonyl (C=O) groups is 1. The number of esters is 1. The van der Waals surface area contributed by atoms with Gasteiger partial charge in [0.2, 0.25) is 10.0 Å².